The van der Waals surface area contributed by atoms with Crippen molar-refractivity contribution in [3.05, 3.63) is 29.1 Å². The van der Waals surface area contributed by atoms with Gasteiger partial charge in [-0.05, 0) is 57.0 Å². The average Bonchev–Trinajstić information content (AvgIpc) is 2.52. The summed E-state index contributed by atoms with van der Waals surface area (Å²) in [4.78, 5) is 4.59. The van der Waals surface area contributed by atoms with Gasteiger partial charge in [0, 0.05) is 6.54 Å². The highest BCUT2D eigenvalue weighted by Gasteiger charge is 2.08. The van der Waals surface area contributed by atoms with E-state index in [0.29, 0.717) is 0 Å². The van der Waals surface area contributed by atoms with Gasteiger partial charge in [0.15, 0.2) is 0 Å². The van der Waals surface area contributed by atoms with E-state index in [1.807, 2.05) is 0 Å². The maximum atomic E-state index is 5.56. The molecule has 0 fully saturated rings. The zero-order valence-corrected chi connectivity index (χ0v) is 12.7. The first-order valence-electron chi connectivity index (χ1n) is 5.77. The number of hydrogen-bond acceptors (Lipinski definition) is 2. The topological polar surface area (TPSA) is 43.8 Å². The van der Waals surface area contributed by atoms with Gasteiger partial charge in [-0.1, -0.05) is 0 Å². The highest BCUT2D eigenvalue weighted by molar-refractivity contribution is 5.85. The molecule has 1 aromatic carbocycles. The lowest BCUT2D eigenvalue weighted by Crippen LogP contribution is -2.07. The minimum Gasteiger partial charge on any atom is -0.330 e. The van der Waals surface area contributed by atoms with Gasteiger partial charge in [0.1, 0.15) is 5.82 Å². The highest BCUT2D eigenvalue weighted by atomic mass is 35.5. The number of aromatic nitrogens is 2. The monoisotopic (exact) mass is 289 g/mol. The molecular weight excluding hydrogens is 269 g/mol. The zero-order valence-electron chi connectivity index (χ0n) is 11.1. The van der Waals surface area contributed by atoms with Gasteiger partial charge in [0.05, 0.1) is 11.0 Å². The fourth-order valence-corrected chi connectivity index (χ4v) is 2.03. The molecule has 0 aliphatic carbocycles. The van der Waals surface area contributed by atoms with Gasteiger partial charge in [0.2, 0.25) is 0 Å². The normalized spacial score (nSPS) is 10.0. The first kappa shape index (κ1) is 17.2. The van der Waals surface area contributed by atoms with E-state index < -0.39 is 0 Å². The number of halogens is 2. The molecule has 2 rings (SSSR count). The molecule has 5 heteroatoms. The Labute approximate surface area is 121 Å². The van der Waals surface area contributed by atoms with Gasteiger partial charge in [0.25, 0.3) is 0 Å². The Bertz CT molecular complexity index is 520. The fraction of sp³-hybridized carbons (Fsp3) is 0.462. The van der Waals surface area contributed by atoms with E-state index in [1.165, 1.54) is 16.6 Å². The number of nitrogens with two attached hydrogens (primary N) is 1. The summed E-state index contributed by atoms with van der Waals surface area (Å²) in [6.07, 6.45) is 0.999. The molecule has 1 aromatic heterocycles. The molecule has 0 aliphatic heterocycles. The zero-order chi connectivity index (χ0) is 11.7. The molecule has 0 spiro atoms. The van der Waals surface area contributed by atoms with Gasteiger partial charge >= 0.3 is 0 Å². The van der Waals surface area contributed by atoms with E-state index in [9.17, 15) is 0 Å². The number of nitrogens with zero attached hydrogens (tertiary/aromatic N) is 2. The largest absolute Gasteiger partial charge is 0.330 e. The van der Waals surface area contributed by atoms with Gasteiger partial charge < -0.3 is 10.3 Å². The van der Waals surface area contributed by atoms with Crippen LogP contribution in [0.1, 0.15) is 23.4 Å². The smallest absolute Gasteiger partial charge is 0.106 e. The Balaban J connectivity index is 0.00000144. The van der Waals surface area contributed by atoms with Crippen LogP contribution in [0.4, 0.5) is 0 Å². The van der Waals surface area contributed by atoms with E-state index in [4.69, 9.17) is 5.73 Å². The molecule has 3 nitrogen and oxygen atoms in total. The fourth-order valence-electron chi connectivity index (χ4n) is 2.03. The van der Waals surface area contributed by atoms with E-state index in [1.54, 1.807) is 0 Å². The number of rotatable bonds is 3. The molecule has 1 heterocycles. The molecule has 2 N–H and O–H groups in total. The van der Waals surface area contributed by atoms with Crippen LogP contribution in [0.3, 0.4) is 0 Å². The number of benzene rings is 1. The van der Waals surface area contributed by atoms with Crippen molar-refractivity contribution in [3.8, 4) is 0 Å². The number of fused-ring (bicyclic) bond motifs is 1. The van der Waals surface area contributed by atoms with Crippen LogP contribution in [0.2, 0.25) is 0 Å². The summed E-state index contributed by atoms with van der Waals surface area (Å²) in [7, 11) is 0. The summed E-state index contributed by atoms with van der Waals surface area (Å²) < 4.78 is 2.26. The molecule has 0 saturated heterocycles. The number of hydrogen-bond donors (Lipinski definition) is 1. The van der Waals surface area contributed by atoms with Crippen molar-refractivity contribution in [3.63, 3.8) is 0 Å². The molecule has 0 amide bonds. The van der Waals surface area contributed by atoms with Crippen molar-refractivity contribution < 1.29 is 0 Å². The molecule has 0 bridgehead atoms. The molecule has 0 saturated carbocycles. The summed E-state index contributed by atoms with van der Waals surface area (Å²) in [6, 6.07) is 4.39. The first-order chi connectivity index (χ1) is 7.63. The number of aryl methyl sites for hydroxylation is 4. The van der Waals surface area contributed by atoms with E-state index in [-0.39, 0.29) is 24.8 Å². The second-order valence-corrected chi connectivity index (χ2v) is 4.38. The number of imidazole rings is 1. The van der Waals surface area contributed by atoms with Crippen LogP contribution in [-0.4, -0.2) is 16.1 Å². The van der Waals surface area contributed by atoms with Gasteiger partial charge in [-0.15, -0.1) is 24.8 Å². The lowest BCUT2D eigenvalue weighted by atomic mass is 10.1. The van der Waals surface area contributed by atoms with Crippen molar-refractivity contribution in [1.82, 2.24) is 9.55 Å². The molecule has 0 unspecified atom stereocenters. The van der Waals surface area contributed by atoms with Crippen LogP contribution in [0.5, 0.6) is 0 Å². The van der Waals surface area contributed by atoms with Crippen molar-refractivity contribution in [2.75, 3.05) is 6.54 Å². The predicted molar refractivity (Wildman–Crippen MR) is 82.1 cm³/mol. The lowest BCUT2D eigenvalue weighted by Gasteiger charge is -2.06. The predicted octanol–water partition coefficient (Wildman–Crippen LogP) is 3.15. The summed E-state index contributed by atoms with van der Waals surface area (Å²) in [5, 5.41) is 0. The maximum Gasteiger partial charge on any atom is 0.106 e. The third-order valence-corrected chi connectivity index (χ3v) is 3.14. The van der Waals surface area contributed by atoms with Gasteiger partial charge in [-0.2, -0.15) is 0 Å². The van der Waals surface area contributed by atoms with Gasteiger partial charge in [-0.25, -0.2) is 4.98 Å². The van der Waals surface area contributed by atoms with Crippen LogP contribution < -0.4 is 5.73 Å². The third kappa shape index (κ3) is 3.16. The Morgan fingerprint density at radius 1 is 1.11 bits per heavy atom. The molecule has 0 aliphatic rings. The maximum absolute atomic E-state index is 5.56. The summed E-state index contributed by atoms with van der Waals surface area (Å²) in [5.74, 6) is 1.08. The first-order valence-corrected chi connectivity index (χ1v) is 5.77. The molecule has 18 heavy (non-hydrogen) atoms. The van der Waals surface area contributed by atoms with Crippen molar-refractivity contribution >= 4 is 35.8 Å². The molecular formula is C13H21Cl2N3. The highest BCUT2D eigenvalue weighted by Crippen LogP contribution is 2.20. The van der Waals surface area contributed by atoms with Crippen LogP contribution in [0, 0.1) is 20.8 Å². The van der Waals surface area contributed by atoms with Crippen LogP contribution in [-0.2, 0) is 6.54 Å². The minimum atomic E-state index is 0. The lowest BCUT2D eigenvalue weighted by molar-refractivity contribution is 0.649. The SMILES string of the molecule is Cc1cc2nc(C)n(CCCN)c2cc1C.Cl.Cl. The second-order valence-electron chi connectivity index (χ2n) is 4.38. The quantitative estimate of drug-likeness (QED) is 0.943. The van der Waals surface area contributed by atoms with Crippen LogP contribution in [0.25, 0.3) is 11.0 Å². The van der Waals surface area contributed by atoms with Gasteiger partial charge in [-0.3, -0.25) is 0 Å². The standard InChI is InChI=1S/C13H19N3.2ClH/c1-9-7-12-13(8-10(9)2)16(6-4-5-14)11(3)15-12;;/h7-8H,4-6,14H2,1-3H3;2*1H. The Morgan fingerprint density at radius 2 is 1.72 bits per heavy atom. The molecule has 102 valence electrons. The average molecular weight is 290 g/mol. The molecule has 0 radical (unpaired) electrons. The van der Waals surface area contributed by atoms with Crippen LogP contribution in [0.15, 0.2) is 12.1 Å². The van der Waals surface area contributed by atoms with E-state index in [2.05, 4.69) is 42.5 Å². The van der Waals surface area contributed by atoms with Crippen molar-refractivity contribution in [2.45, 2.75) is 33.7 Å². The molecule has 0 atom stereocenters. The van der Waals surface area contributed by atoms with Crippen molar-refractivity contribution in [1.29, 1.82) is 0 Å². The summed E-state index contributed by atoms with van der Waals surface area (Å²) in [6.45, 7) is 8.01. The minimum absolute atomic E-state index is 0. The Hall–Kier alpha value is -0.770. The Kier molecular flexibility index (Phi) is 6.68. The summed E-state index contributed by atoms with van der Waals surface area (Å²) in [5.41, 5.74) is 10.5. The second kappa shape index (κ2) is 6.98. The third-order valence-electron chi connectivity index (χ3n) is 3.14. The summed E-state index contributed by atoms with van der Waals surface area (Å²) >= 11 is 0. The van der Waals surface area contributed by atoms with E-state index in [0.717, 1.165) is 30.9 Å². The van der Waals surface area contributed by atoms with E-state index >= 15 is 0 Å². The van der Waals surface area contributed by atoms with Crippen molar-refractivity contribution in [2.24, 2.45) is 5.73 Å². The van der Waals surface area contributed by atoms with Crippen LogP contribution >= 0.6 is 24.8 Å². The molecule has 2 aromatic rings. The Morgan fingerprint density at radius 3 is 2.33 bits per heavy atom.